The third kappa shape index (κ3) is 6.68. The van der Waals surface area contributed by atoms with Crippen LogP contribution in [0.5, 0.6) is 0 Å². The van der Waals surface area contributed by atoms with Crippen LogP contribution in [0.15, 0.2) is 0 Å². The zero-order valence-corrected chi connectivity index (χ0v) is 9.12. The van der Waals surface area contributed by atoms with Crippen LogP contribution in [-0.4, -0.2) is 55.5 Å². The molecule has 0 fully saturated rings. The fourth-order valence-corrected chi connectivity index (χ4v) is 0.782. The van der Waals surface area contributed by atoms with Crippen LogP contribution in [-0.2, 0) is 4.74 Å². The number of hydrogen-bond acceptors (Lipinski definition) is 4. The summed E-state index contributed by atoms with van der Waals surface area (Å²) in [5.74, 6) is 0. The quantitative estimate of drug-likeness (QED) is 0.641. The zero-order valence-electron chi connectivity index (χ0n) is 9.12. The van der Waals surface area contributed by atoms with Crippen molar-refractivity contribution in [2.24, 2.45) is 0 Å². The van der Waals surface area contributed by atoms with Gasteiger partial charge in [0.1, 0.15) is 6.61 Å². The second-order valence-electron chi connectivity index (χ2n) is 3.36. The minimum atomic E-state index is -0.476. The fourth-order valence-electron chi connectivity index (χ4n) is 0.782. The van der Waals surface area contributed by atoms with Crippen molar-refractivity contribution in [3.8, 4) is 0 Å². The van der Waals surface area contributed by atoms with Crippen LogP contribution in [0, 0.1) is 0 Å². The number of carbonyl (C=O) groups is 1. The van der Waals surface area contributed by atoms with Crippen LogP contribution in [0.25, 0.3) is 0 Å². The molecule has 0 aliphatic heterocycles. The highest BCUT2D eigenvalue weighted by molar-refractivity contribution is 5.67. The van der Waals surface area contributed by atoms with E-state index in [0.29, 0.717) is 12.6 Å². The summed E-state index contributed by atoms with van der Waals surface area (Å²) < 4.78 is 4.61. The van der Waals surface area contributed by atoms with Gasteiger partial charge in [0.2, 0.25) is 0 Å². The van der Waals surface area contributed by atoms with Gasteiger partial charge in [0.15, 0.2) is 0 Å². The second kappa shape index (κ2) is 7.58. The van der Waals surface area contributed by atoms with Gasteiger partial charge < -0.3 is 20.1 Å². The van der Waals surface area contributed by atoms with Crippen LogP contribution in [0.4, 0.5) is 4.79 Å². The van der Waals surface area contributed by atoms with Gasteiger partial charge in [-0.3, -0.25) is 0 Å². The highest BCUT2D eigenvalue weighted by atomic mass is 16.6. The van der Waals surface area contributed by atoms with Gasteiger partial charge in [0.25, 0.3) is 0 Å². The number of likely N-dealkylation sites (N-methyl/N-ethyl adjacent to an activating group) is 1. The lowest BCUT2D eigenvalue weighted by atomic mass is 10.3. The van der Waals surface area contributed by atoms with E-state index < -0.39 is 6.09 Å². The average Bonchev–Trinajstić information content (AvgIpc) is 2.14. The summed E-state index contributed by atoms with van der Waals surface area (Å²) in [7, 11) is 1.99. The van der Waals surface area contributed by atoms with Crippen LogP contribution in [0.2, 0.25) is 0 Å². The molecule has 0 spiro atoms. The van der Waals surface area contributed by atoms with Crippen LogP contribution in [0.1, 0.15) is 13.8 Å². The molecule has 0 heterocycles. The van der Waals surface area contributed by atoms with Gasteiger partial charge in [0, 0.05) is 19.1 Å². The molecule has 0 saturated carbocycles. The Morgan fingerprint density at radius 3 is 2.71 bits per heavy atom. The highest BCUT2D eigenvalue weighted by Crippen LogP contribution is 1.90. The van der Waals surface area contributed by atoms with Crippen molar-refractivity contribution >= 4 is 6.09 Å². The molecular weight excluding hydrogens is 184 g/mol. The first-order chi connectivity index (χ1) is 6.57. The SMILES string of the molecule is CC(C)N(C)CCNC(=O)OCCO. The molecule has 0 aliphatic rings. The third-order valence-corrected chi connectivity index (χ3v) is 1.94. The lowest BCUT2D eigenvalue weighted by molar-refractivity contribution is 0.118. The van der Waals surface area contributed by atoms with E-state index in [-0.39, 0.29) is 13.2 Å². The minimum absolute atomic E-state index is 0.0475. The predicted molar refractivity (Wildman–Crippen MR) is 54.2 cm³/mol. The molecule has 0 unspecified atom stereocenters. The first-order valence-electron chi connectivity index (χ1n) is 4.79. The number of nitrogens with one attached hydrogen (secondary N) is 1. The average molecular weight is 204 g/mol. The molecule has 5 heteroatoms. The van der Waals surface area contributed by atoms with Crippen molar-refractivity contribution in [1.82, 2.24) is 10.2 Å². The summed E-state index contributed by atoms with van der Waals surface area (Å²) in [5.41, 5.74) is 0. The Bertz CT molecular complexity index is 162. The number of aliphatic hydroxyl groups excluding tert-OH is 1. The maximum atomic E-state index is 10.9. The number of amides is 1. The molecular formula is C9H20N2O3. The highest BCUT2D eigenvalue weighted by Gasteiger charge is 2.04. The van der Waals surface area contributed by atoms with Crippen molar-refractivity contribution in [3.05, 3.63) is 0 Å². The number of aliphatic hydroxyl groups is 1. The van der Waals surface area contributed by atoms with Crippen LogP contribution >= 0.6 is 0 Å². The molecule has 0 aromatic carbocycles. The normalized spacial score (nSPS) is 10.7. The van der Waals surface area contributed by atoms with E-state index in [2.05, 4.69) is 28.8 Å². The lowest BCUT2D eigenvalue weighted by Gasteiger charge is -2.20. The molecule has 0 aromatic heterocycles. The van der Waals surface area contributed by atoms with E-state index >= 15 is 0 Å². The molecule has 0 aliphatic carbocycles. The van der Waals surface area contributed by atoms with E-state index in [4.69, 9.17) is 5.11 Å². The van der Waals surface area contributed by atoms with E-state index in [0.717, 1.165) is 6.54 Å². The largest absolute Gasteiger partial charge is 0.447 e. The van der Waals surface area contributed by atoms with Gasteiger partial charge in [-0.05, 0) is 20.9 Å². The topological polar surface area (TPSA) is 61.8 Å². The van der Waals surface area contributed by atoms with E-state index in [1.807, 2.05) is 7.05 Å². The molecule has 84 valence electrons. The number of ether oxygens (including phenoxy) is 1. The second-order valence-corrected chi connectivity index (χ2v) is 3.36. The number of rotatable bonds is 6. The number of alkyl carbamates (subject to hydrolysis) is 1. The molecule has 14 heavy (non-hydrogen) atoms. The number of hydrogen-bond donors (Lipinski definition) is 2. The van der Waals surface area contributed by atoms with E-state index in [1.54, 1.807) is 0 Å². The summed E-state index contributed by atoms with van der Waals surface area (Å²) in [6.07, 6.45) is -0.476. The molecule has 0 rings (SSSR count). The van der Waals surface area contributed by atoms with Crippen molar-refractivity contribution < 1.29 is 14.6 Å². The fraction of sp³-hybridized carbons (Fsp3) is 0.889. The van der Waals surface area contributed by atoms with Gasteiger partial charge in [0.05, 0.1) is 6.61 Å². The Morgan fingerprint density at radius 2 is 2.21 bits per heavy atom. The Morgan fingerprint density at radius 1 is 1.57 bits per heavy atom. The Kier molecular flexibility index (Phi) is 7.14. The molecule has 0 atom stereocenters. The summed E-state index contributed by atoms with van der Waals surface area (Å²) >= 11 is 0. The van der Waals surface area contributed by atoms with Gasteiger partial charge in [-0.1, -0.05) is 0 Å². The maximum absolute atomic E-state index is 10.9. The molecule has 0 radical (unpaired) electrons. The Hall–Kier alpha value is -0.810. The smallest absolute Gasteiger partial charge is 0.407 e. The van der Waals surface area contributed by atoms with Crippen molar-refractivity contribution in [1.29, 1.82) is 0 Å². The van der Waals surface area contributed by atoms with Crippen LogP contribution < -0.4 is 5.32 Å². The van der Waals surface area contributed by atoms with Crippen molar-refractivity contribution in [2.75, 3.05) is 33.4 Å². The molecule has 0 bridgehead atoms. The van der Waals surface area contributed by atoms with Crippen molar-refractivity contribution in [2.45, 2.75) is 19.9 Å². The zero-order chi connectivity index (χ0) is 11.0. The molecule has 1 amide bonds. The molecule has 2 N–H and O–H groups in total. The van der Waals surface area contributed by atoms with E-state index in [1.165, 1.54) is 0 Å². The standard InChI is InChI=1S/C9H20N2O3/c1-8(2)11(3)5-4-10-9(13)14-7-6-12/h8,12H,4-7H2,1-3H3,(H,10,13). The maximum Gasteiger partial charge on any atom is 0.407 e. The summed E-state index contributed by atoms with van der Waals surface area (Å²) in [4.78, 5) is 13.0. The molecule has 0 aromatic rings. The Labute approximate surface area is 85.0 Å². The summed E-state index contributed by atoms with van der Waals surface area (Å²) in [6, 6.07) is 0.463. The summed E-state index contributed by atoms with van der Waals surface area (Å²) in [5, 5.41) is 11.0. The predicted octanol–water partition coefficient (Wildman–Crippen LogP) is 0.0451. The van der Waals surface area contributed by atoms with E-state index in [9.17, 15) is 4.79 Å². The van der Waals surface area contributed by atoms with Crippen LogP contribution in [0.3, 0.4) is 0 Å². The lowest BCUT2D eigenvalue weighted by Crippen LogP contribution is -2.36. The number of nitrogens with zero attached hydrogens (tertiary/aromatic N) is 1. The first kappa shape index (κ1) is 13.2. The Balaban J connectivity index is 3.39. The number of carbonyl (C=O) groups excluding carboxylic acids is 1. The monoisotopic (exact) mass is 204 g/mol. The first-order valence-corrected chi connectivity index (χ1v) is 4.79. The summed E-state index contributed by atoms with van der Waals surface area (Å²) in [6.45, 7) is 5.42. The van der Waals surface area contributed by atoms with Gasteiger partial charge in [-0.15, -0.1) is 0 Å². The van der Waals surface area contributed by atoms with Crippen molar-refractivity contribution in [3.63, 3.8) is 0 Å². The van der Waals surface area contributed by atoms with Gasteiger partial charge in [-0.25, -0.2) is 4.79 Å². The molecule has 0 saturated heterocycles. The third-order valence-electron chi connectivity index (χ3n) is 1.94. The van der Waals surface area contributed by atoms with Gasteiger partial charge >= 0.3 is 6.09 Å². The molecule has 5 nitrogen and oxygen atoms in total. The minimum Gasteiger partial charge on any atom is -0.447 e. The van der Waals surface area contributed by atoms with Gasteiger partial charge in [-0.2, -0.15) is 0 Å².